The van der Waals surface area contributed by atoms with Gasteiger partial charge in [0.1, 0.15) is 0 Å². The third-order valence-corrected chi connectivity index (χ3v) is 7.90. The molecule has 0 N–H and O–H groups in total. The van der Waals surface area contributed by atoms with E-state index in [2.05, 4.69) is 26.8 Å². The first-order valence-corrected chi connectivity index (χ1v) is 11.3. The van der Waals surface area contributed by atoms with Crippen molar-refractivity contribution in [2.75, 3.05) is 30.6 Å². The summed E-state index contributed by atoms with van der Waals surface area (Å²) < 4.78 is 11.9. The van der Waals surface area contributed by atoms with Crippen LogP contribution in [0.1, 0.15) is 46.5 Å². The van der Waals surface area contributed by atoms with Gasteiger partial charge in [-0.25, -0.2) is 0 Å². The number of carbonyl (C=O) groups is 1. The molecule has 0 bridgehead atoms. The van der Waals surface area contributed by atoms with E-state index in [4.69, 9.17) is 9.47 Å². The molecular weight excluding hydrogens is 342 g/mol. The number of amides is 1. The first-order valence-electron chi connectivity index (χ1n) is 9.05. The molecule has 24 heavy (non-hydrogen) atoms. The normalized spacial score (nSPS) is 31.6. The van der Waals surface area contributed by atoms with E-state index in [1.165, 1.54) is 5.70 Å². The minimum atomic E-state index is -0.504. The molecule has 2 saturated heterocycles. The molecule has 2 heterocycles. The minimum absolute atomic E-state index is 0.0177. The fraction of sp³-hybridized carbons (Fsp3) is 0.833. The number of likely N-dealkylation sites (tertiary alicyclic amines) is 1. The van der Waals surface area contributed by atoms with Crippen LogP contribution in [0.4, 0.5) is 0 Å². The summed E-state index contributed by atoms with van der Waals surface area (Å²) in [5.74, 6) is 2.66. The van der Waals surface area contributed by atoms with Gasteiger partial charge in [-0.3, -0.25) is 4.79 Å². The molecule has 3 aliphatic rings. The van der Waals surface area contributed by atoms with E-state index >= 15 is 0 Å². The SMILES string of the molecule is CCCSCN1C(=O)[C@H](SCCC)[C@@]2(C)CC3(CC=C12)OCCO3. The molecular formula is C18H29NO3S2. The van der Waals surface area contributed by atoms with E-state index in [1.807, 2.05) is 28.4 Å². The Morgan fingerprint density at radius 2 is 1.96 bits per heavy atom. The Labute approximate surface area is 154 Å². The summed E-state index contributed by atoms with van der Waals surface area (Å²) in [6.45, 7) is 7.92. The summed E-state index contributed by atoms with van der Waals surface area (Å²) in [4.78, 5) is 15.2. The molecule has 1 aliphatic carbocycles. The molecule has 6 heteroatoms. The first kappa shape index (κ1) is 18.6. The maximum atomic E-state index is 13.1. The summed E-state index contributed by atoms with van der Waals surface area (Å²) in [7, 11) is 0. The topological polar surface area (TPSA) is 38.8 Å². The van der Waals surface area contributed by atoms with Gasteiger partial charge in [0.2, 0.25) is 5.91 Å². The highest BCUT2D eigenvalue weighted by molar-refractivity contribution is 8.00. The van der Waals surface area contributed by atoms with Crippen molar-refractivity contribution in [1.29, 1.82) is 0 Å². The number of carbonyl (C=O) groups excluding carboxylic acids is 1. The van der Waals surface area contributed by atoms with E-state index in [1.54, 1.807) is 0 Å². The second-order valence-corrected chi connectivity index (χ2v) is 9.34. The zero-order chi connectivity index (χ0) is 17.2. The minimum Gasteiger partial charge on any atom is -0.347 e. The zero-order valence-corrected chi connectivity index (χ0v) is 16.6. The van der Waals surface area contributed by atoms with Gasteiger partial charge in [-0.1, -0.05) is 26.8 Å². The smallest absolute Gasteiger partial charge is 0.241 e. The third-order valence-electron chi connectivity index (χ3n) is 5.06. The van der Waals surface area contributed by atoms with Crippen LogP contribution in [-0.2, 0) is 14.3 Å². The number of rotatable bonds is 7. The average Bonchev–Trinajstić information content (AvgIpc) is 3.07. The van der Waals surface area contributed by atoms with E-state index in [-0.39, 0.29) is 16.6 Å². The quantitative estimate of drug-likeness (QED) is 0.635. The van der Waals surface area contributed by atoms with Crippen LogP contribution in [0.5, 0.6) is 0 Å². The van der Waals surface area contributed by atoms with Crippen molar-refractivity contribution in [1.82, 2.24) is 4.90 Å². The van der Waals surface area contributed by atoms with Crippen LogP contribution < -0.4 is 0 Å². The molecule has 0 unspecified atom stereocenters. The van der Waals surface area contributed by atoms with Crippen molar-refractivity contribution < 1.29 is 14.3 Å². The maximum absolute atomic E-state index is 13.1. The molecule has 2 atom stereocenters. The summed E-state index contributed by atoms with van der Waals surface area (Å²) >= 11 is 3.66. The highest BCUT2D eigenvalue weighted by Gasteiger charge is 2.59. The van der Waals surface area contributed by atoms with Crippen molar-refractivity contribution in [3.8, 4) is 0 Å². The number of fused-ring (bicyclic) bond motifs is 1. The van der Waals surface area contributed by atoms with Gasteiger partial charge in [-0.2, -0.15) is 0 Å². The summed E-state index contributed by atoms with van der Waals surface area (Å²) in [5, 5.41) is -0.0177. The molecule has 0 aromatic rings. The van der Waals surface area contributed by atoms with Crippen molar-refractivity contribution in [3.05, 3.63) is 11.8 Å². The van der Waals surface area contributed by atoms with E-state index in [0.29, 0.717) is 13.2 Å². The maximum Gasteiger partial charge on any atom is 0.241 e. The van der Waals surface area contributed by atoms with E-state index in [9.17, 15) is 4.79 Å². The Morgan fingerprint density at radius 3 is 2.62 bits per heavy atom. The Bertz CT molecular complexity index is 504. The summed E-state index contributed by atoms with van der Waals surface area (Å²) in [5.41, 5.74) is 1.01. The molecule has 136 valence electrons. The van der Waals surface area contributed by atoms with Crippen LogP contribution in [0, 0.1) is 5.41 Å². The van der Waals surface area contributed by atoms with Crippen molar-refractivity contribution >= 4 is 29.4 Å². The Morgan fingerprint density at radius 1 is 1.25 bits per heavy atom. The lowest BCUT2D eigenvalue weighted by Crippen LogP contribution is -2.44. The molecule has 3 rings (SSSR count). The van der Waals surface area contributed by atoms with Crippen LogP contribution in [-0.4, -0.2) is 52.4 Å². The van der Waals surface area contributed by atoms with Gasteiger partial charge in [0.15, 0.2) is 5.79 Å². The van der Waals surface area contributed by atoms with Crippen LogP contribution in [0.2, 0.25) is 0 Å². The molecule has 2 fully saturated rings. The van der Waals surface area contributed by atoms with Crippen LogP contribution >= 0.6 is 23.5 Å². The highest BCUT2D eigenvalue weighted by Crippen LogP contribution is 2.56. The largest absolute Gasteiger partial charge is 0.347 e. The van der Waals surface area contributed by atoms with Crippen molar-refractivity contribution in [2.24, 2.45) is 5.41 Å². The van der Waals surface area contributed by atoms with Gasteiger partial charge >= 0.3 is 0 Å². The Hall–Kier alpha value is -0.170. The number of nitrogens with zero attached hydrogens (tertiary/aromatic N) is 1. The van der Waals surface area contributed by atoms with Gasteiger partial charge in [-0.05, 0) is 24.3 Å². The average molecular weight is 372 g/mol. The van der Waals surface area contributed by atoms with Gasteiger partial charge in [-0.15, -0.1) is 23.5 Å². The fourth-order valence-electron chi connectivity index (χ4n) is 4.03. The number of thioether (sulfide) groups is 2. The highest BCUT2D eigenvalue weighted by atomic mass is 32.2. The molecule has 2 aliphatic heterocycles. The predicted octanol–water partition coefficient (Wildman–Crippen LogP) is 3.87. The van der Waals surface area contributed by atoms with Crippen molar-refractivity contribution in [3.63, 3.8) is 0 Å². The summed E-state index contributed by atoms with van der Waals surface area (Å²) in [6, 6.07) is 0. The molecule has 0 saturated carbocycles. The summed E-state index contributed by atoms with van der Waals surface area (Å²) in [6.07, 6.45) is 5.99. The molecule has 1 spiro atoms. The number of allylic oxidation sites excluding steroid dienone is 1. The van der Waals surface area contributed by atoms with E-state index < -0.39 is 5.79 Å². The Kier molecular flexibility index (Phi) is 5.90. The lowest BCUT2D eigenvalue weighted by atomic mass is 9.74. The van der Waals surface area contributed by atoms with E-state index in [0.717, 1.165) is 43.1 Å². The molecule has 4 nitrogen and oxygen atoms in total. The van der Waals surface area contributed by atoms with Gasteiger partial charge < -0.3 is 14.4 Å². The monoisotopic (exact) mass is 371 g/mol. The third kappa shape index (κ3) is 3.27. The van der Waals surface area contributed by atoms with Gasteiger partial charge in [0.05, 0.1) is 24.3 Å². The Balaban J connectivity index is 1.86. The molecule has 0 aromatic carbocycles. The standard InChI is InChI=1S/C18H29NO3S2/c1-4-10-23-13-19-14-6-7-18(21-8-9-22-18)12-17(14,3)15(16(19)20)24-11-5-2/h6,15H,4-5,7-13H2,1-3H3/t15-,17-/m0/s1. The zero-order valence-electron chi connectivity index (χ0n) is 15.0. The number of ether oxygens (including phenoxy) is 2. The lowest BCUT2D eigenvalue weighted by Gasteiger charge is -2.42. The fourth-order valence-corrected chi connectivity index (χ4v) is 6.21. The van der Waals surface area contributed by atoms with Crippen LogP contribution in [0.15, 0.2) is 11.8 Å². The molecule has 1 amide bonds. The second kappa shape index (κ2) is 7.60. The lowest BCUT2D eigenvalue weighted by molar-refractivity contribution is -0.177. The van der Waals surface area contributed by atoms with Gasteiger partial charge in [0.25, 0.3) is 0 Å². The van der Waals surface area contributed by atoms with Crippen molar-refractivity contribution in [2.45, 2.75) is 57.5 Å². The van der Waals surface area contributed by atoms with Crippen LogP contribution in [0.25, 0.3) is 0 Å². The number of hydrogen-bond donors (Lipinski definition) is 0. The van der Waals surface area contributed by atoms with Gasteiger partial charge in [0, 0.05) is 24.0 Å². The van der Waals surface area contributed by atoms with Crippen LogP contribution in [0.3, 0.4) is 0 Å². The molecule has 0 aromatic heterocycles. The molecule has 0 radical (unpaired) electrons. The predicted molar refractivity (Wildman–Crippen MR) is 101 cm³/mol. The second-order valence-electron chi connectivity index (χ2n) is 7.05. The number of hydrogen-bond acceptors (Lipinski definition) is 5. The first-order chi connectivity index (χ1) is 11.6.